The molecule has 0 aromatic heterocycles. The van der Waals surface area contributed by atoms with E-state index in [0.29, 0.717) is 0 Å². The molecule has 0 unspecified atom stereocenters. The van der Waals surface area contributed by atoms with E-state index >= 15 is 0 Å². The molecular formula is C27H22BN. The van der Waals surface area contributed by atoms with Gasteiger partial charge < -0.3 is 0 Å². The van der Waals surface area contributed by atoms with E-state index < -0.39 is 0 Å². The van der Waals surface area contributed by atoms with Crippen LogP contribution >= 0.6 is 0 Å². The van der Waals surface area contributed by atoms with Crippen molar-refractivity contribution in [1.29, 1.82) is 0 Å². The minimum Gasteiger partial charge on any atom is -0.262 e. The van der Waals surface area contributed by atoms with Crippen molar-refractivity contribution in [2.45, 2.75) is 13.8 Å². The van der Waals surface area contributed by atoms with Gasteiger partial charge in [0.2, 0.25) is 0 Å². The van der Waals surface area contributed by atoms with E-state index in [-0.39, 0.29) is 6.71 Å². The van der Waals surface area contributed by atoms with E-state index in [4.69, 9.17) is 4.99 Å². The van der Waals surface area contributed by atoms with Crippen LogP contribution in [0.4, 0.5) is 5.69 Å². The van der Waals surface area contributed by atoms with Crippen LogP contribution in [0.2, 0.25) is 0 Å². The van der Waals surface area contributed by atoms with Crippen LogP contribution in [0.25, 0.3) is 11.1 Å². The van der Waals surface area contributed by atoms with Gasteiger partial charge in [-0.05, 0) is 42.1 Å². The minimum absolute atomic E-state index is 0.165. The van der Waals surface area contributed by atoms with E-state index in [1.54, 1.807) is 0 Å². The summed E-state index contributed by atoms with van der Waals surface area (Å²) in [5.74, 6) is 0. The summed E-state index contributed by atoms with van der Waals surface area (Å²) < 4.78 is 0. The van der Waals surface area contributed by atoms with Gasteiger partial charge in [0.15, 0.2) is 0 Å². The number of rotatable bonds is 3. The van der Waals surface area contributed by atoms with E-state index in [2.05, 4.69) is 111 Å². The normalized spacial score (nSPS) is 12.6. The predicted molar refractivity (Wildman–Crippen MR) is 125 cm³/mol. The van der Waals surface area contributed by atoms with Gasteiger partial charge >= 0.3 is 0 Å². The fourth-order valence-electron chi connectivity index (χ4n) is 4.53. The maximum absolute atomic E-state index is 5.06. The number of hydrogen-bond donors (Lipinski definition) is 0. The third-order valence-electron chi connectivity index (χ3n) is 5.82. The molecule has 4 aromatic rings. The fourth-order valence-corrected chi connectivity index (χ4v) is 4.53. The number of hydrogen-bond acceptors (Lipinski definition) is 1. The minimum atomic E-state index is 0.165. The zero-order valence-electron chi connectivity index (χ0n) is 16.8. The molecule has 1 heterocycles. The lowest BCUT2D eigenvalue weighted by atomic mass is 9.36. The highest BCUT2D eigenvalue weighted by Crippen LogP contribution is 2.25. The van der Waals surface area contributed by atoms with Gasteiger partial charge in [-0.25, -0.2) is 0 Å². The van der Waals surface area contributed by atoms with Gasteiger partial charge in [0.25, 0.3) is 6.71 Å². The Morgan fingerprint density at radius 2 is 1.14 bits per heavy atom. The predicted octanol–water partition coefficient (Wildman–Crippen LogP) is 5.25. The van der Waals surface area contributed by atoms with Crippen molar-refractivity contribution in [1.82, 2.24) is 0 Å². The Labute approximate surface area is 172 Å². The van der Waals surface area contributed by atoms with Crippen molar-refractivity contribution in [3.63, 3.8) is 0 Å². The van der Waals surface area contributed by atoms with Crippen LogP contribution in [-0.2, 0) is 0 Å². The molecule has 5 rings (SSSR count). The highest BCUT2D eigenvalue weighted by Gasteiger charge is 2.35. The first-order valence-corrected chi connectivity index (χ1v) is 10.1. The van der Waals surface area contributed by atoms with Crippen LogP contribution < -0.4 is 10.9 Å². The van der Waals surface area contributed by atoms with Crippen LogP contribution in [0.3, 0.4) is 0 Å². The maximum Gasteiger partial charge on any atom is 0.268 e. The van der Waals surface area contributed by atoms with Gasteiger partial charge in [0.05, 0.1) is 5.69 Å². The van der Waals surface area contributed by atoms with Gasteiger partial charge in [-0.3, -0.25) is 4.99 Å². The molecule has 0 spiro atoms. The monoisotopic (exact) mass is 371 g/mol. The number of aryl methyl sites for hydroxylation is 2. The molecule has 0 aliphatic carbocycles. The third-order valence-corrected chi connectivity index (χ3v) is 5.82. The largest absolute Gasteiger partial charge is 0.268 e. The van der Waals surface area contributed by atoms with Crippen LogP contribution in [0.15, 0.2) is 102 Å². The van der Waals surface area contributed by atoms with E-state index in [1.807, 2.05) is 0 Å². The van der Waals surface area contributed by atoms with Crippen LogP contribution in [-0.4, -0.2) is 12.3 Å². The molecule has 0 bridgehead atoms. The third kappa shape index (κ3) is 3.11. The zero-order chi connectivity index (χ0) is 19.8. The number of benzene rings is 4. The maximum atomic E-state index is 5.06. The van der Waals surface area contributed by atoms with Crippen LogP contribution in [0.5, 0.6) is 0 Å². The Morgan fingerprint density at radius 3 is 1.79 bits per heavy atom. The van der Waals surface area contributed by atoms with Gasteiger partial charge in [0.1, 0.15) is 0 Å². The van der Waals surface area contributed by atoms with Crippen LogP contribution in [0.1, 0.15) is 16.7 Å². The summed E-state index contributed by atoms with van der Waals surface area (Å²) in [6.45, 7) is 4.63. The summed E-state index contributed by atoms with van der Waals surface area (Å²) in [5.41, 5.74) is 11.3. The molecule has 0 amide bonds. The van der Waals surface area contributed by atoms with Crippen molar-refractivity contribution in [3.05, 3.63) is 114 Å². The van der Waals surface area contributed by atoms with Crippen molar-refractivity contribution < 1.29 is 0 Å². The van der Waals surface area contributed by atoms with E-state index in [0.717, 1.165) is 11.3 Å². The smallest absolute Gasteiger partial charge is 0.262 e. The Kier molecular flexibility index (Phi) is 4.40. The SMILES string of the molecule is Cc1cc(-c2ccccc2)cc(C)c1B1C(c2ccccc2)=Nc2ccccc21. The molecule has 2 heteroatoms. The van der Waals surface area contributed by atoms with Gasteiger partial charge in [-0.1, -0.05) is 108 Å². The van der Waals surface area contributed by atoms with E-state index in [1.165, 1.54) is 38.7 Å². The van der Waals surface area contributed by atoms with Gasteiger partial charge in [0, 0.05) is 5.61 Å². The lowest BCUT2D eigenvalue weighted by Gasteiger charge is -2.19. The second-order valence-electron chi connectivity index (χ2n) is 7.74. The molecule has 1 nitrogen and oxygen atoms in total. The number of para-hydroxylation sites is 1. The van der Waals surface area contributed by atoms with E-state index in [9.17, 15) is 0 Å². The van der Waals surface area contributed by atoms with Crippen molar-refractivity contribution in [2.24, 2.45) is 4.99 Å². The molecule has 0 fully saturated rings. The quantitative estimate of drug-likeness (QED) is 0.436. The second kappa shape index (κ2) is 7.22. The van der Waals surface area contributed by atoms with Crippen LogP contribution in [0, 0.1) is 13.8 Å². The molecule has 138 valence electrons. The number of nitrogens with zero attached hydrogens (tertiary/aromatic N) is 1. The molecule has 0 N–H and O–H groups in total. The Bertz CT molecular complexity index is 1190. The molecular weight excluding hydrogens is 349 g/mol. The average molecular weight is 371 g/mol. The van der Waals surface area contributed by atoms with Crippen molar-refractivity contribution >= 4 is 28.9 Å². The molecule has 0 saturated carbocycles. The first-order valence-electron chi connectivity index (χ1n) is 10.1. The second-order valence-corrected chi connectivity index (χ2v) is 7.74. The van der Waals surface area contributed by atoms with Crippen molar-refractivity contribution in [3.8, 4) is 11.1 Å². The Balaban J connectivity index is 1.68. The molecule has 29 heavy (non-hydrogen) atoms. The standard InChI is InChI=1S/C27H22BN/c1-19-17-23(21-11-5-3-6-12-21)18-20(2)26(19)28-24-15-9-10-16-25(24)29-27(28)22-13-7-4-8-14-22/h3-18H,1-2H3. The molecule has 0 atom stereocenters. The summed E-state index contributed by atoms with van der Waals surface area (Å²) in [7, 11) is 0. The average Bonchev–Trinajstić information content (AvgIpc) is 3.14. The molecule has 4 aromatic carbocycles. The topological polar surface area (TPSA) is 12.4 Å². The fraction of sp³-hybridized carbons (Fsp3) is 0.0741. The summed E-state index contributed by atoms with van der Waals surface area (Å²) in [4.78, 5) is 5.06. The zero-order valence-corrected chi connectivity index (χ0v) is 16.8. The highest BCUT2D eigenvalue weighted by molar-refractivity contribution is 7.12. The van der Waals surface area contributed by atoms with Crippen molar-refractivity contribution in [2.75, 3.05) is 0 Å². The molecule has 1 aliphatic rings. The summed E-state index contributed by atoms with van der Waals surface area (Å²) in [6.07, 6.45) is 0. The lowest BCUT2D eigenvalue weighted by molar-refractivity contribution is 1.42. The Hall–Kier alpha value is -3.39. The molecule has 0 saturated heterocycles. The summed E-state index contributed by atoms with van der Waals surface area (Å²) >= 11 is 0. The highest BCUT2D eigenvalue weighted by atomic mass is 14.8. The first-order chi connectivity index (χ1) is 14.2. The van der Waals surface area contributed by atoms with Gasteiger partial charge in [-0.2, -0.15) is 0 Å². The molecule has 0 radical (unpaired) electrons. The summed E-state index contributed by atoms with van der Waals surface area (Å²) in [6, 6.07) is 34.4. The summed E-state index contributed by atoms with van der Waals surface area (Å²) in [5, 5.41) is 0. The lowest BCUT2D eigenvalue weighted by Crippen LogP contribution is -2.49. The number of fused-ring (bicyclic) bond motifs is 1. The number of aliphatic imine (C=N–C) groups is 1. The Morgan fingerprint density at radius 1 is 0.586 bits per heavy atom. The first kappa shape index (κ1) is 17.7. The molecule has 1 aliphatic heterocycles. The van der Waals surface area contributed by atoms with Gasteiger partial charge in [-0.15, -0.1) is 0 Å².